The van der Waals surface area contributed by atoms with Crippen LogP contribution >= 0.6 is 15.9 Å². The van der Waals surface area contributed by atoms with E-state index in [0.29, 0.717) is 5.95 Å². The first-order valence-electron chi connectivity index (χ1n) is 6.70. The Hall–Kier alpha value is -1.69. The minimum absolute atomic E-state index is 0.542. The molecule has 0 atom stereocenters. The molecule has 2 aromatic rings. The fraction of sp³-hybridized carbons (Fsp3) is 0.357. The van der Waals surface area contributed by atoms with Gasteiger partial charge < -0.3 is 10.2 Å². The Morgan fingerprint density at radius 2 is 2.05 bits per heavy atom. The maximum atomic E-state index is 4.54. The number of benzene rings is 1. The van der Waals surface area contributed by atoms with Crippen molar-refractivity contribution in [1.82, 2.24) is 15.2 Å². The van der Waals surface area contributed by atoms with E-state index in [1.807, 2.05) is 19.1 Å². The maximum Gasteiger partial charge on any atom is 0.249 e. The van der Waals surface area contributed by atoms with Crippen molar-refractivity contribution in [3.8, 4) is 0 Å². The minimum Gasteiger partial charge on any atom is -0.355 e. The van der Waals surface area contributed by atoms with Crippen molar-refractivity contribution in [1.29, 1.82) is 0 Å². The van der Waals surface area contributed by atoms with Crippen LogP contribution in [0, 0.1) is 6.92 Å². The molecule has 1 aliphatic heterocycles. The van der Waals surface area contributed by atoms with Crippen molar-refractivity contribution in [2.75, 3.05) is 23.3 Å². The zero-order valence-electron chi connectivity index (χ0n) is 11.3. The molecule has 5 nitrogen and oxygen atoms in total. The molecule has 0 bridgehead atoms. The lowest BCUT2D eigenvalue weighted by atomic mass is 10.2. The molecule has 1 N–H and O–H groups in total. The average molecular weight is 334 g/mol. The van der Waals surface area contributed by atoms with E-state index >= 15 is 0 Å². The molecule has 3 rings (SSSR count). The number of nitrogens with zero attached hydrogens (tertiary/aromatic N) is 4. The summed E-state index contributed by atoms with van der Waals surface area (Å²) in [5.74, 6) is 1.44. The van der Waals surface area contributed by atoms with Gasteiger partial charge in [-0.3, -0.25) is 0 Å². The summed E-state index contributed by atoms with van der Waals surface area (Å²) in [6.45, 7) is 4.15. The monoisotopic (exact) mass is 333 g/mol. The van der Waals surface area contributed by atoms with Gasteiger partial charge >= 0.3 is 0 Å². The van der Waals surface area contributed by atoms with Gasteiger partial charge in [-0.05, 0) is 43.5 Å². The van der Waals surface area contributed by atoms with Crippen molar-refractivity contribution in [2.24, 2.45) is 0 Å². The predicted octanol–water partition coefficient (Wildman–Crippen LogP) is 3.29. The summed E-state index contributed by atoms with van der Waals surface area (Å²) in [4.78, 5) is 6.79. The highest BCUT2D eigenvalue weighted by atomic mass is 79.9. The number of nitrogens with one attached hydrogen (secondary N) is 1. The molecule has 1 fully saturated rings. The number of hydrogen-bond donors (Lipinski definition) is 1. The summed E-state index contributed by atoms with van der Waals surface area (Å²) >= 11 is 3.46. The summed E-state index contributed by atoms with van der Waals surface area (Å²) in [5.41, 5.74) is 2.13. The zero-order chi connectivity index (χ0) is 13.9. The first-order valence-corrected chi connectivity index (χ1v) is 7.49. The molecule has 0 amide bonds. The minimum atomic E-state index is 0.542. The Bertz CT molecular complexity index is 610. The maximum absolute atomic E-state index is 4.54. The van der Waals surface area contributed by atoms with Crippen LogP contribution in [0.3, 0.4) is 0 Å². The smallest absolute Gasteiger partial charge is 0.249 e. The van der Waals surface area contributed by atoms with Gasteiger partial charge in [0.2, 0.25) is 5.95 Å². The number of hydrogen-bond acceptors (Lipinski definition) is 5. The number of aromatic nitrogens is 3. The van der Waals surface area contributed by atoms with Crippen LogP contribution in [-0.2, 0) is 0 Å². The Morgan fingerprint density at radius 1 is 1.25 bits per heavy atom. The second kappa shape index (κ2) is 5.75. The lowest BCUT2D eigenvalue weighted by molar-refractivity contribution is 0.890. The van der Waals surface area contributed by atoms with Crippen molar-refractivity contribution < 1.29 is 0 Å². The third-order valence-corrected chi connectivity index (χ3v) is 3.90. The van der Waals surface area contributed by atoms with E-state index in [2.05, 4.69) is 47.4 Å². The number of rotatable bonds is 3. The summed E-state index contributed by atoms with van der Waals surface area (Å²) < 4.78 is 1.06. The van der Waals surface area contributed by atoms with Crippen LogP contribution in [0.15, 0.2) is 28.9 Å². The summed E-state index contributed by atoms with van der Waals surface area (Å²) in [5, 5.41) is 11.3. The molecule has 1 saturated heterocycles. The first-order chi connectivity index (χ1) is 9.72. The Balaban J connectivity index is 1.81. The largest absolute Gasteiger partial charge is 0.355 e. The van der Waals surface area contributed by atoms with Gasteiger partial charge in [-0.15, -0.1) is 5.10 Å². The molecule has 104 valence electrons. The molecule has 0 aliphatic carbocycles. The summed E-state index contributed by atoms with van der Waals surface area (Å²) in [6, 6.07) is 6.05. The standard InChI is InChI=1S/C14H16BrN5/c1-10-8-11(15)4-5-12(10)17-14-18-13(9-16-19-14)20-6-2-3-7-20/h4-5,8-9H,2-3,6-7H2,1H3,(H,17,18,19). The molecule has 1 aliphatic rings. The zero-order valence-corrected chi connectivity index (χ0v) is 12.9. The average Bonchev–Trinajstić information content (AvgIpc) is 2.96. The van der Waals surface area contributed by atoms with Crippen LogP contribution in [0.4, 0.5) is 17.5 Å². The molecule has 0 unspecified atom stereocenters. The Kier molecular flexibility index (Phi) is 3.82. The SMILES string of the molecule is Cc1cc(Br)ccc1Nc1nncc(N2CCCC2)n1. The number of aryl methyl sites for hydroxylation is 1. The molecule has 6 heteroatoms. The molecule has 0 radical (unpaired) electrons. The highest BCUT2D eigenvalue weighted by Gasteiger charge is 2.14. The van der Waals surface area contributed by atoms with Gasteiger partial charge in [0.1, 0.15) is 0 Å². The van der Waals surface area contributed by atoms with E-state index in [1.54, 1.807) is 6.20 Å². The van der Waals surface area contributed by atoms with Gasteiger partial charge in [-0.2, -0.15) is 10.1 Å². The van der Waals surface area contributed by atoms with E-state index in [9.17, 15) is 0 Å². The van der Waals surface area contributed by atoms with Crippen LogP contribution in [-0.4, -0.2) is 28.3 Å². The van der Waals surface area contributed by atoms with Gasteiger partial charge in [0, 0.05) is 23.2 Å². The second-order valence-corrected chi connectivity index (χ2v) is 5.83. The summed E-state index contributed by atoms with van der Waals surface area (Å²) in [7, 11) is 0. The van der Waals surface area contributed by atoms with E-state index in [1.165, 1.54) is 12.8 Å². The highest BCUT2D eigenvalue weighted by Crippen LogP contribution is 2.23. The van der Waals surface area contributed by atoms with E-state index in [0.717, 1.165) is 34.6 Å². The molecule has 0 spiro atoms. The normalized spacial score (nSPS) is 14.6. The molecule has 0 saturated carbocycles. The van der Waals surface area contributed by atoms with Gasteiger partial charge in [-0.25, -0.2) is 0 Å². The molecule has 20 heavy (non-hydrogen) atoms. The third kappa shape index (κ3) is 2.90. The Morgan fingerprint density at radius 3 is 2.80 bits per heavy atom. The van der Waals surface area contributed by atoms with Crippen molar-refractivity contribution in [3.63, 3.8) is 0 Å². The topological polar surface area (TPSA) is 53.9 Å². The molecule has 1 aromatic carbocycles. The molecule has 2 heterocycles. The number of halogens is 1. The molecular formula is C14H16BrN5. The number of anilines is 3. The fourth-order valence-corrected chi connectivity index (χ4v) is 2.81. The molecule has 1 aromatic heterocycles. The van der Waals surface area contributed by atoms with E-state index in [4.69, 9.17) is 0 Å². The quantitative estimate of drug-likeness (QED) is 0.933. The first kappa shape index (κ1) is 13.3. The van der Waals surface area contributed by atoms with Crippen LogP contribution < -0.4 is 10.2 Å². The van der Waals surface area contributed by atoms with Crippen molar-refractivity contribution in [3.05, 3.63) is 34.4 Å². The molecular weight excluding hydrogens is 318 g/mol. The Labute approximate surface area is 126 Å². The van der Waals surface area contributed by atoms with Gasteiger partial charge in [0.05, 0.1) is 6.20 Å². The van der Waals surface area contributed by atoms with Crippen molar-refractivity contribution >= 4 is 33.4 Å². The lowest BCUT2D eigenvalue weighted by Crippen LogP contribution is -2.20. The van der Waals surface area contributed by atoms with Crippen LogP contribution in [0.2, 0.25) is 0 Å². The van der Waals surface area contributed by atoms with Gasteiger partial charge in [-0.1, -0.05) is 15.9 Å². The lowest BCUT2D eigenvalue weighted by Gasteiger charge is -2.16. The van der Waals surface area contributed by atoms with E-state index in [-0.39, 0.29) is 0 Å². The summed E-state index contributed by atoms with van der Waals surface area (Å²) in [6.07, 6.45) is 4.17. The van der Waals surface area contributed by atoms with Crippen LogP contribution in [0.1, 0.15) is 18.4 Å². The van der Waals surface area contributed by atoms with Crippen LogP contribution in [0.5, 0.6) is 0 Å². The van der Waals surface area contributed by atoms with Crippen molar-refractivity contribution in [2.45, 2.75) is 19.8 Å². The highest BCUT2D eigenvalue weighted by molar-refractivity contribution is 9.10. The van der Waals surface area contributed by atoms with E-state index < -0.39 is 0 Å². The fourth-order valence-electron chi connectivity index (χ4n) is 2.33. The second-order valence-electron chi connectivity index (χ2n) is 4.92. The predicted molar refractivity (Wildman–Crippen MR) is 83.4 cm³/mol. The third-order valence-electron chi connectivity index (χ3n) is 3.41. The van der Waals surface area contributed by atoms with Crippen LogP contribution in [0.25, 0.3) is 0 Å². The van der Waals surface area contributed by atoms with Gasteiger partial charge in [0.25, 0.3) is 0 Å². The van der Waals surface area contributed by atoms with Gasteiger partial charge in [0.15, 0.2) is 5.82 Å².